The van der Waals surface area contributed by atoms with Crippen molar-refractivity contribution in [1.29, 1.82) is 0 Å². The predicted octanol–water partition coefficient (Wildman–Crippen LogP) is 2.95. The number of rotatable bonds is 7. The maximum Gasteiger partial charge on any atom is 0.0445 e. The standard InChI is InChI=1S/C13H21NOS2/c1-10(7-9-17(2)15)14-13(11-5-6-11)12-4-3-8-16-12/h3-4,8,10-11,13-14H,5-7,9H2,1-2H3. The van der Waals surface area contributed by atoms with Crippen LogP contribution >= 0.6 is 11.3 Å². The summed E-state index contributed by atoms with van der Waals surface area (Å²) in [6, 6.07) is 5.33. The van der Waals surface area contributed by atoms with Crippen molar-refractivity contribution in [2.24, 2.45) is 5.92 Å². The zero-order valence-electron chi connectivity index (χ0n) is 10.5. The van der Waals surface area contributed by atoms with Gasteiger partial charge in [-0.25, -0.2) is 0 Å². The van der Waals surface area contributed by atoms with Crippen LogP contribution in [0.3, 0.4) is 0 Å². The fourth-order valence-corrected chi connectivity index (χ4v) is 3.64. The van der Waals surface area contributed by atoms with Crippen molar-refractivity contribution in [2.45, 2.75) is 38.3 Å². The van der Waals surface area contributed by atoms with Crippen LogP contribution in [0.15, 0.2) is 17.5 Å². The molecule has 1 aliphatic rings. The molecule has 2 nitrogen and oxygen atoms in total. The van der Waals surface area contributed by atoms with Gasteiger partial charge in [-0.2, -0.15) is 0 Å². The smallest absolute Gasteiger partial charge is 0.0445 e. The molecule has 1 fully saturated rings. The second-order valence-corrected chi connectivity index (χ2v) is 7.50. The molecule has 4 heteroatoms. The summed E-state index contributed by atoms with van der Waals surface area (Å²) in [5, 5.41) is 5.86. The van der Waals surface area contributed by atoms with E-state index in [1.807, 2.05) is 11.3 Å². The van der Waals surface area contributed by atoms with E-state index in [2.05, 4.69) is 29.8 Å². The van der Waals surface area contributed by atoms with Crippen LogP contribution in [0, 0.1) is 5.92 Å². The molecule has 96 valence electrons. The van der Waals surface area contributed by atoms with Crippen molar-refractivity contribution < 1.29 is 4.21 Å². The highest BCUT2D eigenvalue weighted by Crippen LogP contribution is 2.42. The summed E-state index contributed by atoms with van der Waals surface area (Å²) in [4.78, 5) is 1.46. The fraction of sp³-hybridized carbons (Fsp3) is 0.692. The largest absolute Gasteiger partial charge is 0.306 e. The zero-order chi connectivity index (χ0) is 12.3. The van der Waals surface area contributed by atoms with Crippen molar-refractivity contribution in [2.75, 3.05) is 12.0 Å². The first-order valence-electron chi connectivity index (χ1n) is 6.26. The fourth-order valence-electron chi connectivity index (χ4n) is 2.08. The predicted molar refractivity (Wildman–Crippen MR) is 75.9 cm³/mol. The van der Waals surface area contributed by atoms with Gasteiger partial charge in [0.05, 0.1) is 0 Å². The molecule has 1 aromatic rings. The van der Waals surface area contributed by atoms with Crippen molar-refractivity contribution in [3.63, 3.8) is 0 Å². The molecule has 17 heavy (non-hydrogen) atoms. The second-order valence-electron chi connectivity index (χ2n) is 4.96. The summed E-state index contributed by atoms with van der Waals surface area (Å²) in [6.45, 7) is 2.20. The number of hydrogen-bond donors (Lipinski definition) is 1. The Hall–Kier alpha value is -0.190. The maximum absolute atomic E-state index is 11.1. The molecule has 0 spiro atoms. The van der Waals surface area contributed by atoms with Crippen molar-refractivity contribution in [1.82, 2.24) is 5.32 Å². The van der Waals surface area contributed by atoms with Gasteiger partial charge in [-0.15, -0.1) is 11.3 Å². The van der Waals surface area contributed by atoms with Crippen molar-refractivity contribution in [3.05, 3.63) is 22.4 Å². The monoisotopic (exact) mass is 271 g/mol. The van der Waals surface area contributed by atoms with Gasteiger partial charge in [-0.1, -0.05) is 6.07 Å². The summed E-state index contributed by atoms with van der Waals surface area (Å²) >= 11 is 1.84. The van der Waals surface area contributed by atoms with Gasteiger partial charge in [0.25, 0.3) is 0 Å². The van der Waals surface area contributed by atoms with Gasteiger partial charge in [0.1, 0.15) is 0 Å². The quantitative estimate of drug-likeness (QED) is 0.826. The molecule has 3 atom stereocenters. The summed E-state index contributed by atoms with van der Waals surface area (Å²) in [5.74, 6) is 1.62. The first kappa shape index (κ1) is 13.2. The van der Waals surface area contributed by atoms with Crippen LogP contribution in [0.5, 0.6) is 0 Å². The Morgan fingerprint density at radius 2 is 2.35 bits per heavy atom. The van der Waals surface area contributed by atoms with Gasteiger partial charge in [-0.05, 0) is 43.6 Å². The molecule has 2 rings (SSSR count). The van der Waals surface area contributed by atoms with Gasteiger partial charge < -0.3 is 5.32 Å². The SMILES string of the molecule is CC(CCS(C)=O)NC(c1cccs1)C1CC1. The van der Waals surface area contributed by atoms with Crippen LogP contribution in [-0.2, 0) is 10.8 Å². The number of hydrogen-bond acceptors (Lipinski definition) is 3. The van der Waals surface area contributed by atoms with Gasteiger partial charge in [-0.3, -0.25) is 4.21 Å². The zero-order valence-corrected chi connectivity index (χ0v) is 12.2. The molecule has 1 aromatic heterocycles. The number of thiophene rings is 1. The average Bonchev–Trinajstić information content (AvgIpc) is 2.98. The van der Waals surface area contributed by atoms with Crippen LogP contribution in [-0.4, -0.2) is 22.3 Å². The molecule has 0 amide bonds. The Labute approximate surface area is 110 Å². The van der Waals surface area contributed by atoms with Gasteiger partial charge in [0.2, 0.25) is 0 Å². The molecule has 1 heterocycles. The lowest BCUT2D eigenvalue weighted by atomic mass is 10.1. The Balaban J connectivity index is 1.87. The van der Waals surface area contributed by atoms with E-state index in [0.717, 1.165) is 18.1 Å². The van der Waals surface area contributed by atoms with Crippen LogP contribution < -0.4 is 5.32 Å². The molecule has 1 saturated carbocycles. The molecule has 0 aromatic carbocycles. The molecule has 1 N–H and O–H groups in total. The van der Waals surface area contributed by atoms with Gasteiger partial charge in [0, 0.05) is 39.8 Å². The summed E-state index contributed by atoms with van der Waals surface area (Å²) in [6.07, 6.45) is 5.48. The van der Waals surface area contributed by atoms with Crippen LogP contribution in [0.4, 0.5) is 0 Å². The molecule has 0 saturated heterocycles. The normalized spacial score (nSPS) is 21.1. The average molecular weight is 271 g/mol. The minimum absolute atomic E-state index is 0.451. The summed E-state index contributed by atoms with van der Waals surface area (Å²) < 4.78 is 11.1. The van der Waals surface area contributed by atoms with E-state index < -0.39 is 10.8 Å². The van der Waals surface area contributed by atoms with Crippen LogP contribution in [0.1, 0.15) is 37.1 Å². The van der Waals surface area contributed by atoms with E-state index in [-0.39, 0.29) is 0 Å². The number of nitrogens with one attached hydrogen (secondary N) is 1. The molecule has 1 aliphatic carbocycles. The molecular weight excluding hydrogens is 250 g/mol. The third-order valence-electron chi connectivity index (χ3n) is 3.25. The lowest BCUT2D eigenvalue weighted by Crippen LogP contribution is -2.32. The van der Waals surface area contributed by atoms with Crippen LogP contribution in [0.2, 0.25) is 0 Å². The summed E-state index contributed by atoms with van der Waals surface area (Å²) in [7, 11) is -0.670. The highest BCUT2D eigenvalue weighted by atomic mass is 32.2. The minimum atomic E-state index is -0.670. The molecule has 3 unspecified atom stereocenters. The van der Waals surface area contributed by atoms with Gasteiger partial charge >= 0.3 is 0 Å². The van der Waals surface area contributed by atoms with Crippen LogP contribution in [0.25, 0.3) is 0 Å². The van der Waals surface area contributed by atoms with Crippen molar-refractivity contribution in [3.8, 4) is 0 Å². The summed E-state index contributed by atoms with van der Waals surface area (Å²) in [5.41, 5.74) is 0. The Kier molecular flexibility index (Phi) is 4.77. The Morgan fingerprint density at radius 1 is 1.59 bits per heavy atom. The highest BCUT2D eigenvalue weighted by Gasteiger charge is 2.33. The molecule has 0 radical (unpaired) electrons. The Morgan fingerprint density at radius 3 is 2.88 bits per heavy atom. The van der Waals surface area contributed by atoms with Gasteiger partial charge in [0.15, 0.2) is 0 Å². The first-order chi connectivity index (χ1) is 8.16. The lowest BCUT2D eigenvalue weighted by molar-refractivity contribution is 0.418. The lowest BCUT2D eigenvalue weighted by Gasteiger charge is -2.22. The van der Waals surface area contributed by atoms with E-state index >= 15 is 0 Å². The van der Waals surface area contributed by atoms with E-state index in [1.54, 1.807) is 6.26 Å². The molecule has 0 aliphatic heterocycles. The molecular formula is C13H21NOS2. The van der Waals surface area contributed by atoms with Crippen molar-refractivity contribution >= 4 is 22.1 Å². The third-order valence-corrected chi connectivity index (χ3v) is 5.01. The topological polar surface area (TPSA) is 29.1 Å². The maximum atomic E-state index is 11.1. The third kappa shape index (κ3) is 4.19. The highest BCUT2D eigenvalue weighted by molar-refractivity contribution is 7.84. The van der Waals surface area contributed by atoms with E-state index in [1.165, 1.54) is 17.7 Å². The minimum Gasteiger partial charge on any atom is -0.306 e. The second kappa shape index (κ2) is 6.12. The van der Waals surface area contributed by atoms with E-state index in [9.17, 15) is 4.21 Å². The molecule has 0 bridgehead atoms. The van der Waals surface area contributed by atoms with E-state index in [0.29, 0.717) is 12.1 Å². The first-order valence-corrected chi connectivity index (χ1v) is 8.87. The Bertz CT molecular complexity index is 360. The van der Waals surface area contributed by atoms with E-state index in [4.69, 9.17) is 0 Å².